The largest absolute Gasteiger partial charge is 0.315 e. The maximum atomic E-state index is 6.23. The molecule has 2 saturated heterocycles. The Bertz CT molecular complexity index is 410. The zero-order chi connectivity index (χ0) is 13.1. The molecule has 3 nitrogen and oxygen atoms in total. The molecule has 1 aromatic rings. The number of nitrogens with one attached hydrogen (secondary N) is 1. The molecule has 4 heteroatoms. The fourth-order valence-corrected chi connectivity index (χ4v) is 3.30. The van der Waals surface area contributed by atoms with Crippen LogP contribution in [0.15, 0.2) is 24.3 Å². The Labute approximate surface area is 120 Å². The van der Waals surface area contributed by atoms with Gasteiger partial charge in [0, 0.05) is 50.3 Å². The second-order valence-corrected chi connectivity index (χ2v) is 5.96. The third-order valence-electron chi connectivity index (χ3n) is 4.31. The lowest BCUT2D eigenvalue weighted by Crippen LogP contribution is -2.50. The number of halogens is 1. The van der Waals surface area contributed by atoms with Crippen LogP contribution in [0.25, 0.3) is 0 Å². The van der Waals surface area contributed by atoms with Crippen LogP contribution in [-0.2, 0) is 6.54 Å². The number of benzene rings is 1. The van der Waals surface area contributed by atoms with Gasteiger partial charge in [-0.3, -0.25) is 9.80 Å². The van der Waals surface area contributed by atoms with Crippen LogP contribution in [0, 0.1) is 0 Å². The number of hydrogen-bond acceptors (Lipinski definition) is 3. The van der Waals surface area contributed by atoms with Crippen LogP contribution in [-0.4, -0.2) is 55.1 Å². The number of piperazine rings is 1. The van der Waals surface area contributed by atoms with Crippen LogP contribution in [0.5, 0.6) is 0 Å². The monoisotopic (exact) mass is 279 g/mol. The summed E-state index contributed by atoms with van der Waals surface area (Å²) in [6, 6.07) is 8.95. The van der Waals surface area contributed by atoms with Gasteiger partial charge in [0.2, 0.25) is 0 Å². The van der Waals surface area contributed by atoms with Gasteiger partial charge in [-0.25, -0.2) is 0 Å². The van der Waals surface area contributed by atoms with Crippen molar-refractivity contribution in [3.8, 4) is 0 Å². The average Bonchev–Trinajstić information content (AvgIpc) is 2.96. The highest BCUT2D eigenvalue weighted by molar-refractivity contribution is 6.31. The second kappa shape index (κ2) is 6.23. The Morgan fingerprint density at radius 1 is 1.16 bits per heavy atom. The van der Waals surface area contributed by atoms with Crippen molar-refractivity contribution in [2.24, 2.45) is 0 Å². The number of nitrogens with zero attached hydrogens (tertiary/aromatic N) is 2. The molecule has 0 amide bonds. The zero-order valence-corrected chi connectivity index (χ0v) is 12.1. The first-order valence-electron chi connectivity index (χ1n) is 7.23. The van der Waals surface area contributed by atoms with E-state index in [-0.39, 0.29) is 0 Å². The summed E-state index contributed by atoms with van der Waals surface area (Å²) in [7, 11) is 0. The van der Waals surface area contributed by atoms with E-state index in [4.69, 9.17) is 11.6 Å². The van der Waals surface area contributed by atoms with Crippen molar-refractivity contribution >= 4 is 11.6 Å². The van der Waals surface area contributed by atoms with E-state index in [1.165, 1.54) is 38.2 Å². The van der Waals surface area contributed by atoms with Gasteiger partial charge in [-0.2, -0.15) is 0 Å². The van der Waals surface area contributed by atoms with E-state index in [1.54, 1.807) is 0 Å². The van der Waals surface area contributed by atoms with E-state index in [1.807, 2.05) is 12.1 Å². The minimum atomic E-state index is 0.766. The standard InChI is InChI=1S/C15H22ClN3/c16-15-4-2-1-3-13(15)12-18-7-9-19(10-8-18)14-5-6-17-11-14/h1-4,14,17H,5-12H2. The van der Waals surface area contributed by atoms with Crippen molar-refractivity contribution < 1.29 is 0 Å². The predicted octanol–water partition coefficient (Wildman–Crippen LogP) is 1.82. The van der Waals surface area contributed by atoms with Gasteiger partial charge >= 0.3 is 0 Å². The maximum Gasteiger partial charge on any atom is 0.0451 e. The van der Waals surface area contributed by atoms with E-state index >= 15 is 0 Å². The fraction of sp³-hybridized carbons (Fsp3) is 0.600. The first kappa shape index (κ1) is 13.4. The summed E-state index contributed by atoms with van der Waals surface area (Å²) >= 11 is 6.23. The van der Waals surface area contributed by atoms with Crippen molar-refractivity contribution in [1.29, 1.82) is 0 Å². The molecule has 104 valence electrons. The normalized spacial score (nSPS) is 25.8. The summed E-state index contributed by atoms with van der Waals surface area (Å²) in [4.78, 5) is 5.16. The van der Waals surface area contributed by atoms with Gasteiger partial charge in [-0.15, -0.1) is 0 Å². The lowest BCUT2D eigenvalue weighted by atomic mass is 10.1. The lowest BCUT2D eigenvalue weighted by Gasteiger charge is -2.37. The van der Waals surface area contributed by atoms with Gasteiger partial charge < -0.3 is 5.32 Å². The molecule has 1 aromatic carbocycles. The molecule has 2 aliphatic heterocycles. The van der Waals surface area contributed by atoms with E-state index in [0.29, 0.717) is 0 Å². The van der Waals surface area contributed by atoms with Crippen molar-refractivity contribution in [2.75, 3.05) is 39.3 Å². The van der Waals surface area contributed by atoms with Crippen molar-refractivity contribution in [1.82, 2.24) is 15.1 Å². The van der Waals surface area contributed by atoms with Crippen molar-refractivity contribution in [2.45, 2.75) is 19.0 Å². The summed E-state index contributed by atoms with van der Waals surface area (Å²) in [5.74, 6) is 0. The van der Waals surface area contributed by atoms with Gasteiger partial charge in [-0.05, 0) is 24.6 Å². The smallest absolute Gasteiger partial charge is 0.0451 e. The number of hydrogen-bond donors (Lipinski definition) is 1. The molecule has 1 unspecified atom stereocenters. The minimum absolute atomic E-state index is 0.766. The molecule has 0 aliphatic carbocycles. The highest BCUT2D eigenvalue weighted by Gasteiger charge is 2.25. The molecule has 0 bridgehead atoms. The molecule has 2 aliphatic rings. The van der Waals surface area contributed by atoms with Crippen LogP contribution in [0.4, 0.5) is 0 Å². The SMILES string of the molecule is Clc1ccccc1CN1CCN(C2CCNC2)CC1. The topological polar surface area (TPSA) is 18.5 Å². The summed E-state index contributed by atoms with van der Waals surface area (Å²) < 4.78 is 0. The number of rotatable bonds is 3. The molecule has 0 spiro atoms. The van der Waals surface area contributed by atoms with Crippen molar-refractivity contribution in [3.63, 3.8) is 0 Å². The molecule has 2 fully saturated rings. The Morgan fingerprint density at radius 2 is 1.95 bits per heavy atom. The van der Waals surface area contributed by atoms with Gasteiger partial charge in [0.25, 0.3) is 0 Å². The summed E-state index contributed by atoms with van der Waals surface area (Å²) in [5.41, 5.74) is 1.25. The zero-order valence-electron chi connectivity index (χ0n) is 11.3. The van der Waals surface area contributed by atoms with Gasteiger partial charge in [-0.1, -0.05) is 29.8 Å². The summed E-state index contributed by atoms with van der Waals surface area (Å²) in [6.07, 6.45) is 1.31. The second-order valence-electron chi connectivity index (χ2n) is 5.55. The molecule has 0 saturated carbocycles. The third kappa shape index (κ3) is 3.29. The molecule has 1 N–H and O–H groups in total. The quantitative estimate of drug-likeness (QED) is 0.911. The molecule has 1 atom stereocenters. The Balaban J connectivity index is 1.51. The molecule has 19 heavy (non-hydrogen) atoms. The van der Waals surface area contributed by atoms with Crippen LogP contribution in [0.1, 0.15) is 12.0 Å². The lowest BCUT2D eigenvalue weighted by molar-refractivity contribution is 0.0981. The maximum absolute atomic E-state index is 6.23. The first-order valence-corrected chi connectivity index (χ1v) is 7.61. The molecule has 2 heterocycles. The first-order chi connectivity index (χ1) is 9.33. The van der Waals surface area contributed by atoms with Gasteiger partial charge in [0.1, 0.15) is 0 Å². The highest BCUT2D eigenvalue weighted by atomic mass is 35.5. The van der Waals surface area contributed by atoms with E-state index < -0.39 is 0 Å². The molecular weight excluding hydrogens is 258 g/mol. The Hall–Kier alpha value is -0.610. The van der Waals surface area contributed by atoms with Crippen LogP contribution < -0.4 is 5.32 Å². The van der Waals surface area contributed by atoms with Gasteiger partial charge in [0.05, 0.1) is 0 Å². The molecule has 3 rings (SSSR count). The molecular formula is C15H22ClN3. The average molecular weight is 280 g/mol. The van der Waals surface area contributed by atoms with Gasteiger partial charge in [0.15, 0.2) is 0 Å². The summed E-state index contributed by atoms with van der Waals surface area (Å²) in [5, 5.41) is 4.35. The van der Waals surface area contributed by atoms with E-state index in [0.717, 1.165) is 30.7 Å². The fourth-order valence-electron chi connectivity index (χ4n) is 3.11. The van der Waals surface area contributed by atoms with Crippen LogP contribution >= 0.6 is 11.6 Å². The predicted molar refractivity (Wildman–Crippen MR) is 79.6 cm³/mol. The van der Waals surface area contributed by atoms with Crippen LogP contribution in [0.3, 0.4) is 0 Å². The molecule has 0 radical (unpaired) electrons. The molecule has 0 aromatic heterocycles. The van der Waals surface area contributed by atoms with E-state index in [2.05, 4.69) is 27.2 Å². The minimum Gasteiger partial charge on any atom is -0.315 e. The van der Waals surface area contributed by atoms with E-state index in [9.17, 15) is 0 Å². The van der Waals surface area contributed by atoms with Crippen LogP contribution in [0.2, 0.25) is 5.02 Å². The Morgan fingerprint density at radius 3 is 2.63 bits per heavy atom. The Kier molecular flexibility index (Phi) is 4.38. The summed E-state index contributed by atoms with van der Waals surface area (Å²) in [6.45, 7) is 8.03. The van der Waals surface area contributed by atoms with Crippen molar-refractivity contribution in [3.05, 3.63) is 34.9 Å². The highest BCUT2D eigenvalue weighted by Crippen LogP contribution is 2.19. The third-order valence-corrected chi connectivity index (χ3v) is 4.68.